The Hall–Kier alpha value is 0.0274. The fourth-order valence-electron chi connectivity index (χ4n) is 0. The zero-order chi connectivity index (χ0) is 4.28. The molecule has 0 rings (SSSR count). The summed E-state index contributed by atoms with van der Waals surface area (Å²) in [6.07, 6.45) is 0.222. The fraction of sp³-hybridized carbons (Fsp3) is 0.667. The van der Waals surface area contributed by atoms with E-state index in [4.69, 9.17) is 5.11 Å². The number of carbonyl (C=O) groups is 1. The van der Waals surface area contributed by atoms with E-state index in [9.17, 15) is 4.79 Å². The van der Waals surface area contributed by atoms with Crippen LogP contribution >= 0.6 is 0 Å². The second kappa shape index (κ2) is 9.39. The van der Waals surface area contributed by atoms with E-state index in [-0.39, 0.29) is 30.8 Å². The van der Waals surface area contributed by atoms with Crippen LogP contribution in [0.5, 0.6) is 0 Å². The Morgan fingerprint density at radius 1 is 1.71 bits per heavy atom. The number of carboxylic acid groups (broad SMARTS) is 1. The summed E-state index contributed by atoms with van der Waals surface area (Å²) < 4.78 is 0. The van der Waals surface area contributed by atoms with E-state index in [2.05, 4.69) is 0 Å². The number of hydrogen-bond donors (Lipinski definition) is 1. The van der Waals surface area contributed by atoms with Crippen LogP contribution in [-0.2, 0) is 4.79 Å². The Balaban J connectivity index is -0.0000000800. The molecule has 3 nitrogen and oxygen atoms in total. The Labute approximate surface area is 54.2 Å². The van der Waals surface area contributed by atoms with Crippen LogP contribution in [0.2, 0.25) is 0 Å². The second-order valence-corrected chi connectivity index (χ2v) is 0.747. The molecule has 0 fully saturated rings. The van der Waals surface area contributed by atoms with E-state index < -0.39 is 5.97 Å². The molecule has 0 saturated heterocycles. The summed E-state index contributed by atoms with van der Waals surface area (Å²) in [5.41, 5.74) is 0. The van der Waals surface area contributed by atoms with Crippen LogP contribution in [0.1, 0.15) is 13.3 Å². The van der Waals surface area contributed by atoms with Crippen molar-refractivity contribution in [2.24, 2.45) is 0 Å². The van der Waals surface area contributed by atoms with E-state index in [1.54, 1.807) is 6.92 Å². The molecule has 0 radical (unpaired) electrons. The molecule has 0 bridgehead atoms. The molecule has 0 aromatic rings. The molecule has 0 unspecified atom stereocenters. The second-order valence-electron chi connectivity index (χ2n) is 0.747. The average Bonchev–Trinajstić information content (AvgIpc) is 1.38. The number of carboxylic acids is 1. The van der Waals surface area contributed by atoms with Crippen molar-refractivity contribution in [3.8, 4) is 0 Å². The Morgan fingerprint density at radius 3 is 1.86 bits per heavy atom. The van der Waals surface area contributed by atoms with Gasteiger partial charge in [0.05, 0.1) is 0 Å². The molecular formula is C3H7LiO3. The van der Waals surface area contributed by atoms with E-state index in [1.807, 2.05) is 0 Å². The van der Waals surface area contributed by atoms with Gasteiger partial charge in [0.15, 0.2) is 0 Å². The Morgan fingerprint density at radius 2 is 1.86 bits per heavy atom. The van der Waals surface area contributed by atoms with Gasteiger partial charge in [0, 0.05) is 6.42 Å². The third-order valence-corrected chi connectivity index (χ3v) is 0.302. The summed E-state index contributed by atoms with van der Waals surface area (Å²) in [7, 11) is 0. The van der Waals surface area contributed by atoms with Crippen molar-refractivity contribution < 1.29 is 34.2 Å². The average molecular weight is 98.0 g/mol. The molecular weight excluding hydrogens is 91.0 g/mol. The minimum Gasteiger partial charge on any atom is -0.870 e. The number of rotatable bonds is 1. The third-order valence-electron chi connectivity index (χ3n) is 0.302. The van der Waals surface area contributed by atoms with Crippen molar-refractivity contribution in [2.45, 2.75) is 13.3 Å². The SMILES string of the molecule is CCC(=O)O.[Li+].[OH-]. The molecule has 0 aliphatic rings. The van der Waals surface area contributed by atoms with Crippen LogP contribution < -0.4 is 18.9 Å². The van der Waals surface area contributed by atoms with Crippen LogP contribution in [0.25, 0.3) is 0 Å². The smallest absolute Gasteiger partial charge is 0.870 e. The molecule has 38 valence electrons. The standard InChI is InChI=1S/C3H6O2.Li.H2O/c1-2-3(4)5;;/h2H2,1H3,(H,4,5);;1H2/q;+1;/p-1. The largest absolute Gasteiger partial charge is 1.00 e. The molecule has 2 N–H and O–H groups in total. The molecule has 0 heterocycles. The van der Waals surface area contributed by atoms with Crippen molar-refractivity contribution in [2.75, 3.05) is 0 Å². The quantitative estimate of drug-likeness (QED) is 0.363. The maximum absolute atomic E-state index is 9.37. The molecule has 0 aliphatic carbocycles. The van der Waals surface area contributed by atoms with Gasteiger partial charge in [-0.05, 0) is 0 Å². The van der Waals surface area contributed by atoms with E-state index in [0.717, 1.165) is 0 Å². The zero-order valence-electron chi connectivity index (χ0n) is 4.51. The minimum absolute atomic E-state index is 0. The van der Waals surface area contributed by atoms with Gasteiger partial charge in [-0.2, -0.15) is 0 Å². The normalized spacial score (nSPS) is 5.29. The summed E-state index contributed by atoms with van der Waals surface area (Å²) >= 11 is 0. The summed E-state index contributed by atoms with van der Waals surface area (Å²) in [6.45, 7) is 1.60. The van der Waals surface area contributed by atoms with Crippen molar-refractivity contribution >= 4 is 5.97 Å². The van der Waals surface area contributed by atoms with Gasteiger partial charge >= 0.3 is 24.8 Å². The zero-order valence-corrected chi connectivity index (χ0v) is 4.51. The van der Waals surface area contributed by atoms with Crippen molar-refractivity contribution in [1.82, 2.24) is 0 Å². The third kappa shape index (κ3) is 23.8. The summed E-state index contributed by atoms with van der Waals surface area (Å²) in [4.78, 5) is 9.37. The van der Waals surface area contributed by atoms with Gasteiger partial charge < -0.3 is 10.6 Å². The molecule has 0 amide bonds. The van der Waals surface area contributed by atoms with Crippen molar-refractivity contribution in [3.63, 3.8) is 0 Å². The van der Waals surface area contributed by atoms with Crippen LogP contribution in [0, 0.1) is 0 Å². The van der Waals surface area contributed by atoms with Gasteiger partial charge in [-0.3, -0.25) is 4.79 Å². The van der Waals surface area contributed by atoms with Gasteiger partial charge in [-0.1, -0.05) is 6.92 Å². The number of hydrogen-bond acceptors (Lipinski definition) is 2. The van der Waals surface area contributed by atoms with Crippen LogP contribution in [0.3, 0.4) is 0 Å². The van der Waals surface area contributed by atoms with Gasteiger partial charge in [-0.25, -0.2) is 0 Å². The maximum atomic E-state index is 9.37. The predicted octanol–water partition coefficient (Wildman–Crippen LogP) is -2.69. The predicted molar refractivity (Wildman–Crippen MR) is 19.9 cm³/mol. The van der Waals surface area contributed by atoms with Gasteiger partial charge in [0.2, 0.25) is 0 Å². The molecule has 0 atom stereocenters. The first-order valence-electron chi connectivity index (χ1n) is 1.49. The summed E-state index contributed by atoms with van der Waals surface area (Å²) in [6, 6.07) is 0. The molecule has 0 spiro atoms. The van der Waals surface area contributed by atoms with Crippen molar-refractivity contribution in [1.29, 1.82) is 0 Å². The Bertz CT molecular complexity index is 45.4. The molecule has 0 saturated carbocycles. The minimum atomic E-state index is -0.745. The Kier molecular flexibility index (Phi) is 21.1. The van der Waals surface area contributed by atoms with E-state index >= 15 is 0 Å². The first kappa shape index (κ1) is 15.7. The first-order chi connectivity index (χ1) is 2.27. The monoisotopic (exact) mass is 98.1 g/mol. The molecule has 0 aromatic heterocycles. The maximum Gasteiger partial charge on any atom is 1.00 e. The van der Waals surface area contributed by atoms with Gasteiger partial charge in [0.25, 0.3) is 0 Å². The fourth-order valence-corrected chi connectivity index (χ4v) is 0. The molecule has 7 heavy (non-hydrogen) atoms. The molecule has 4 heteroatoms. The van der Waals surface area contributed by atoms with Gasteiger partial charge in [-0.15, -0.1) is 0 Å². The summed E-state index contributed by atoms with van der Waals surface area (Å²) in [5.74, 6) is -0.745. The van der Waals surface area contributed by atoms with Crippen LogP contribution in [0.4, 0.5) is 0 Å². The van der Waals surface area contributed by atoms with Crippen molar-refractivity contribution in [3.05, 3.63) is 0 Å². The number of aliphatic carboxylic acids is 1. The molecule has 0 aliphatic heterocycles. The molecule has 0 aromatic carbocycles. The van der Waals surface area contributed by atoms with E-state index in [0.29, 0.717) is 0 Å². The van der Waals surface area contributed by atoms with Crippen LogP contribution in [0.15, 0.2) is 0 Å². The van der Waals surface area contributed by atoms with Crippen LogP contribution in [-0.4, -0.2) is 16.6 Å². The first-order valence-corrected chi connectivity index (χ1v) is 1.49. The van der Waals surface area contributed by atoms with E-state index in [1.165, 1.54) is 0 Å². The summed E-state index contributed by atoms with van der Waals surface area (Å²) in [5, 5.41) is 7.72. The topological polar surface area (TPSA) is 67.3 Å². The van der Waals surface area contributed by atoms with Gasteiger partial charge in [0.1, 0.15) is 0 Å².